The summed E-state index contributed by atoms with van der Waals surface area (Å²) in [7, 11) is 0. The van der Waals surface area contributed by atoms with Gasteiger partial charge in [-0.05, 0) is 89.1 Å². The molecule has 0 aromatic heterocycles. The Kier molecular flexibility index (Phi) is 8.52. The average Bonchev–Trinajstić information content (AvgIpc) is 3.21. The first-order valence-corrected chi connectivity index (χ1v) is 14.2. The number of rotatable bonds is 9. The van der Waals surface area contributed by atoms with Gasteiger partial charge in [0.1, 0.15) is 13.2 Å². The van der Waals surface area contributed by atoms with Gasteiger partial charge in [-0.1, -0.05) is 58.4 Å². The van der Waals surface area contributed by atoms with Gasteiger partial charge in [0.25, 0.3) is 11.1 Å². The molecule has 4 aromatic rings. The summed E-state index contributed by atoms with van der Waals surface area (Å²) in [6.07, 6.45) is 1.62. The second-order valence-electron chi connectivity index (χ2n) is 8.93. The summed E-state index contributed by atoms with van der Waals surface area (Å²) in [6, 6.07) is 26.7. The van der Waals surface area contributed by atoms with Gasteiger partial charge in [0.15, 0.2) is 11.5 Å². The molecule has 40 heavy (non-hydrogen) atoms. The van der Waals surface area contributed by atoms with Crippen molar-refractivity contribution in [3.63, 3.8) is 0 Å². The first-order chi connectivity index (χ1) is 19.4. The van der Waals surface area contributed by atoms with Gasteiger partial charge >= 0.3 is 0 Å². The molecule has 1 N–H and O–H groups in total. The molecule has 1 saturated heterocycles. The minimum absolute atomic E-state index is 0.230. The fraction of sp³-hybridized carbons (Fsp3) is 0.129. The maximum Gasteiger partial charge on any atom is 0.294 e. The number of thioether (sulfide) groups is 1. The molecule has 4 aromatic carbocycles. The summed E-state index contributed by atoms with van der Waals surface area (Å²) in [4.78, 5) is 39.1. The van der Waals surface area contributed by atoms with Crippen molar-refractivity contribution in [1.82, 2.24) is 4.90 Å². The van der Waals surface area contributed by atoms with Gasteiger partial charge in [-0.3, -0.25) is 19.3 Å². The van der Waals surface area contributed by atoms with Crippen molar-refractivity contribution in [2.24, 2.45) is 0 Å². The number of carbonyl (C=O) groups is 3. The predicted molar refractivity (Wildman–Crippen MR) is 161 cm³/mol. The maximum atomic E-state index is 13.0. The third-order valence-corrected chi connectivity index (χ3v) is 7.51. The minimum Gasteiger partial charge on any atom is -0.490 e. The summed E-state index contributed by atoms with van der Waals surface area (Å²) in [6.45, 7) is 2.31. The van der Waals surface area contributed by atoms with E-state index in [0.29, 0.717) is 36.0 Å². The number of amides is 3. The highest BCUT2D eigenvalue weighted by Gasteiger charge is 2.36. The highest BCUT2D eigenvalue weighted by molar-refractivity contribution is 9.10. The van der Waals surface area contributed by atoms with E-state index in [1.165, 1.54) is 5.39 Å². The van der Waals surface area contributed by atoms with Crippen molar-refractivity contribution < 1.29 is 23.9 Å². The van der Waals surface area contributed by atoms with Crippen LogP contribution in [0.5, 0.6) is 11.5 Å². The third kappa shape index (κ3) is 6.55. The highest BCUT2D eigenvalue weighted by Crippen LogP contribution is 2.35. The molecule has 0 unspecified atom stereocenters. The van der Waals surface area contributed by atoms with Crippen LogP contribution >= 0.6 is 27.7 Å². The smallest absolute Gasteiger partial charge is 0.294 e. The molecule has 1 heterocycles. The molecule has 5 rings (SSSR count). The number of nitrogens with zero attached hydrogens (tertiary/aromatic N) is 1. The van der Waals surface area contributed by atoms with Gasteiger partial charge in [-0.2, -0.15) is 0 Å². The Balaban J connectivity index is 1.26. The van der Waals surface area contributed by atoms with Crippen molar-refractivity contribution in [2.75, 3.05) is 18.5 Å². The number of imide groups is 1. The molecule has 0 bridgehead atoms. The molecule has 202 valence electrons. The van der Waals surface area contributed by atoms with Crippen molar-refractivity contribution in [2.45, 2.75) is 13.5 Å². The molecule has 1 aliphatic rings. The lowest BCUT2D eigenvalue weighted by Gasteiger charge is -2.13. The van der Waals surface area contributed by atoms with Crippen LogP contribution in [-0.4, -0.2) is 35.1 Å². The topological polar surface area (TPSA) is 84.9 Å². The Labute approximate surface area is 244 Å². The number of hydrogen-bond acceptors (Lipinski definition) is 6. The molecule has 3 amide bonds. The molecule has 0 radical (unpaired) electrons. The zero-order chi connectivity index (χ0) is 28.1. The van der Waals surface area contributed by atoms with E-state index in [9.17, 15) is 14.4 Å². The fourth-order valence-electron chi connectivity index (χ4n) is 4.16. The van der Waals surface area contributed by atoms with Crippen molar-refractivity contribution in [3.8, 4) is 11.5 Å². The van der Waals surface area contributed by atoms with Crippen LogP contribution in [0.3, 0.4) is 0 Å². The molecule has 0 atom stereocenters. The molecular weight excluding hydrogens is 592 g/mol. The van der Waals surface area contributed by atoms with Gasteiger partial charge in [-0.25, -0.2) is 0 Å². The molecule has 7 nitrogen and oxygen atoms in total. The van der Waals surface area contributed by atoms with Crippen LogP contribution in [0.25, 0.3) is 16.8 Å². The van der Waals surface area contributed by atoms with E-state index in [1.54, 1.807) is 48.5 Å². The number of fused-ring (bicyclic) bond motifs is 1. The maximum absolute atomic E-state index is 13.0. The van der Waals surface area contributed by atoms with E-state index in [0.717, 1.165) is 32.1 Å². The van der Waals surface area contributed by atoms with E-state index in [2.05, 4.69) is 45.5 Å². The molecular formula is C31H25BrN2O5S. The number of halogens is 1. The first-order valence-electron chi connectivity index (χ1n) is 12.6. The normalized spacial score (nSPS) is 14.2. The van der Waals surface area contributed by atoms with Crippen LogP contribution in [0, 0.1) is 0 Å². The molecule has 0 saturated carbocycles. The van der Waals surface area contributed by atoms with Crippen LogP contribution in [0.15, 0.2) is 94.3 Å². The predicted octanol–water partition coefficient (Wildman–Crippen LogP) is 7.26. The summed E-state index contributed by atoms with van der Waals surface area (Å²) < 4.78 is 12.8. The molecule has 9 heteroatoms. The number of ether oxygens (including phenoxy) is 2. The summed E-state index contributed by atoms with van der Waals surface area (Å²) in [5.41, 5.74) is 2.27. The molecule has 0 spiro atoms. The lowest BCUT2D eigenvalue weighted by Crippen LogP contribution is -2.36. The van der Waals surface area contributed by atoms with Gasteiger partial charge < -0.3 is 14.8 Å². The largest absolute Gasteiger partial charge is 0.490 e. The van der Waals surface area contributed by atoms with Crippen LogP contribution in [0.2, 0.25) is 0 Å². The Bertz CT molecular complexity index is 1620. The summed E-state index contributed by atoms with van der Waals surface area (Å²) in [5, 5.41) is 4.51. The standard InChI is InChI=1S/C31H25BrN2O5S/c1-2-38-27-16-20(8-14-26(27)39-19-21-7-9-22-5-3-4-6-23(22)15-21)17-28-30(36)34(31(37)40-28)18-29(35)33-25-12-10-24(32)11-13-25/h3-17H,2,18-19H2,1H3,(H,33,35)/b28-17+. The van der Waals surface area contributed by atoms with Gasteiger partial charge in [-0.15, -0.1) is 0 Å². The van der Waals surface area contributed by atoms with E-state index < -0.39 is 17.1 Å². The SMILES string of the molecule is CCOc1cc(/C=C2/SC(=O)N(CC(=O)Nc3ccc(Br)cc3)C2=O)ccc1OCc1ccc2ccccc2c1. The third-order valence-electron chi connectivity index (χ3n) is 6.08. The van der Waals surface area contributed by atoms with Crippen LogP contribution in [0.1, 0.15) is 18.1 Å². The Morgan fingerprint density at radius 1 is 0.925 bits per heavy atom. The fourth-order valence-corrected chi connectivity index (χ4v) is 5.26. The van der Waals surface area contributed by atoms with Gasteiger partial charge in [0.05, 0.1) is 11.5 Å². The number of nitrogens with one attached hydrogen (secondary N) is 1. The van der Waals surface area contributed by atoms with Crippen LogP contribution in [-0.2, 0) is 16.2 Å². The second kappa shape index (κ2) is 12.4. The number of benzene rings is 4. The number of hydrogen-bond donors (Lipinski definition) is 1. The van der Waals surface area contributed by atoms with E-state index >= 15 is 0 Å². The van der Waals surface area contributed by atoms with E-state index in [1.807, 2.05) is 25.1 Å². The Hall–Kier alpha value is -4.08. The van der Waals surface area contributed by atoms with Crippen LogP contribution in [0.4, 0.5) is 10.5 Å². The van der Waals surface area contributed by atoms with Crippen LogP contribution < -0.4 is 14.8 Å². The van der Waals surface area contributed by atoms with Crippen molar-refractivity contribution in [1.29, 1.82) is 0 Å². The minimum atomic E-state index is -0.518. The molecule has 1 aliphatic heterocycles. The number of carbonyl (C=O) groups excluding carboxylic acids is 3. The van der Waals surface area contributed by atoms with E-state index in [4.69, 9.17) is 9.47 Å². The average molecular weight is 618 g/mol. The Morgan fingerprint density at radius 2 is 1.70 bits per heavy atom. The summed E-state index contributed by atoms with van der Waals surface area (Å²) >= 11 is 4.14. The number of anilines is 1. The highest BCUT2D eigenvalue weighted by atomic mass is 79.9. The van der Waals surface area contributed by atoms with Gasteiger partial charge in [0.2, 0.25) is 5.91 Å². The Morgan fingerprint density at radius 3 is 2.48 bits per heavy atom. The van der Waals surface area contributed by atoms with Crippen molar-refractivity contribution >= 4 is 67.3 Å². The molecule has 1 fully saturated rings. The first kappa shape index (κ1) is 27.5. The van der Waals surface area contributed by atoms with Gasteiger partial charge in [0, 0.05) is 10.2 Å². The van der Waals surface area contributed by atoms with E-state index in [-0.39, 0.29) is 11.4 Å². The zero-order valence-electron chi connectivity index (χ0n) is 21.6. The summed E-state index contributed by atoms with van der Waals surface area (Å²) in [5.74, 6) is 0.128. The zero-order valence-corrected chi connectivity index (χ0v) is 24.0. The lowest BCUT2D eigenvalue weighted by molar-refractivity contribution is -0.127. The molecule has 0 aliphatic carbocycles. The quantitative estimate of drug-likeness (QED) is 0.199. The lowest BCUT2D eigenvalue weighted by atomic mass is 10.1. The van der Waals surface area contributed by atoms with Crippen molar-refractivity contribution in [3.05, 3.63) is 105 Å². The second-order valence-corrected chi connectivity index (χ2v) is 10.8. The monoisotopic (exact) mass is 616 g/mol.